The quantitative estimate of drug-likeness (QED) is 0.727. The van der Waals surface area contributed by atoms with E-state index in [4.69, 9.17) is 4.74 Å². The lowest BCUT2D eigenvalue weighted by atomic mass is 10.1. The van der Waals surface area contributed by atoms with Crippen LogP contribution in [0.1, 0.15) is 25.7 Å². The molecule has 2 saturated heterocycles. The van der Waals surface area contributed by atoms with Crippen molar-refractivity contribution >= 4 is 15.9 Å². The first kappa shape index (κ1) is 16.2. The van der Waals surface area contributed by atoms with Gasteiger partial charge in [0.2, 0.25) is 15.9 Å². The van der Waals surface area contributed by atoms with E-state index >= 15 is 0 Å². The molecule has 0 unspecified atom stereocenters. The zero-order chi connectivity index (χ0) is 15.6. The molecule has 0 aromatic rings. The second kappa shape index (κ2) is 6.82. The number of hydrogen-bond donors (Lipinski definition) is 1. The van der Waals surface area contributed by atoms with Crippen LogP contribution in [-0.4, -0.2) is 81.4 Å². The van der Waals surface area contributed by atoms with Crippen LogP contribution in [0, 0.1) is 0 Å². The van der Waals surface area contributed by atoms with Gasteiger partial charge < -0.3 is 9.64 Å². The molecule has 2 heterocycles. The summed E-state index contributed by atoms with van der Waals surface area (Å²) in [4.78, 5) is 16.2. The number of sulfonamides is 1. The Balaban J connectivity index is 1.40. The van der Waals surface area contributed by atoms with Crippen molar-refractivity contribution in [3.05, 3.63) is 0 Å². The second-order valence-electron chi connectivity index (χ2n) is 6.41. The average Bonchev–Trinajstić information content (AvgIpc) is 3.35. The van der Waals surface area contributed by atoms with Crippen molar-refractivity contribution in [2.75, 3.05) is 45.9 Å². The molecule has 0 bridgehead atoms. The van der Waals surface area contributed by atoms with Crippen LogP contribution in [0.5, 0.6) is 0 Å². The van der Waals surface area contributed by atoms with E-state index in [1.54, 1.807) is 0 Å². The predicted molar refractivity (Wildman–Crippen MR) is 81.9 cm³/mol. The lowest BCUT2D eigenvalue weighted by Gasteiger charge is -2.34. The summed E-state index contributed by atoms with van der Waals surface area (Å²) in [6.07, 6.45) is 3.15. The Bertz CT molecular complexity index is 492. The number of likely N-dealkylation sites (tertiary alicyclic amines) is 1. The third-order valence-electron chi connectivity index (χ3n) is 4.60. The Kier molecular flexibility index (Phi) is 5.01. The first-order chi connectivity index (χ1) is 10.5. The van der Waals surface area contributed by atoms with Crippen molar-refractivity contribution in [1.29, 1.82) is 0 Å². The zero-order valence-corrected chi connectivity index (χ0v) is 13.7. The smallest absolute Gasteiger partial charge is 0.236 e. The monoisotopic (exact) mass is 331 g/mol. The van der Waals surface area contributed by atoms with Crippen molar-refractivity contribution in [3.8, 4) is 0 Å². The van der Waals surface area contributed by atoms with E-state index < -0.39 is 10.0 Å². The highest BCUT2D eigenvalue weighted by Gasteiger charge is 2.37. The molecule has 22 heavy (non-hydrogen) atoms. The molecule has 0 radical (unpaired) electrons. The highest BCUT2D eigenvalue weighted by atomic mass is 32.2. The fourth-order valence-electron chi connectivity index (χ4n) is 3.02. The van der Waals surface area contributed by atoms with Gasteiger partial charge in [0.25, 0.3) is 0 Å². The number of rotatable bonds is 5. The van der Waals surface area contributed by atoms with Crippen LogP contribution >= 0.6 is 0 Å². The first-order valence-corrected chi connectivity index (χ1v) is 9.68. The molecule has 126 valence electrons. The molecule has 1 aliphatic carbocycles. The topological polar surface area (TPSA) is 79.0 Å². The van der Waals surface area contributed by atoms with Crippen molar-refractivity contribution in [1.82, 2.24) is 14.5 Å². The van der Waals surface area contributed by atoms with Crippen LogP contribution in [0.2, 0.25) is 0 Å². The molecule has 3 aliphatic rings. The molecule has 0 aromatic heterocycles. The van der Waals surface area contributed by atoms with Gasteiger partial charge in [0.05, 0.1) is 25.0 Å². The van der Waals surface area contributed by atoms with Crippen LogP contribution in [0.3, 0.4) is 0 Å². The molecule has 1 N–H and O–H groups in total. The van der Waals surface area contributed by atoms with E-state index in [1.165, 1.54) is 0 Å². The Morgan fingerprint density at radius 2 is 1.68 bits per heavy atom. The maximum absolute atomic E-state index is 12.2. The summed E-state index contributed by atoms with van der Waals surface area (Å²) in [5, 5.41) is -0.159. The van der Waals surface area contributed by atoms with Crippen LogP contribution in [0.15, 0.2) is 0 Å². The van der Waals surface area contributed by atoms with Gasteiger partial charge >= 0.3 is 0 Å². The maximum Gasteiger partial charge on any atom is 0.236 e. The summed E-state index contributed by atoms with van der Waals surface area (Å²) in [6.45, 7) is 4.57. The second-order valence-corrected chi connectivity index (χ2v) is 8.40. The van der Waals surface area contributed by atoms with E-state index in [2.05, 4.69) is 9.62 Å². The lowest BCUT2D eigenvalue weighted by Crippen LogP contribution is -2.50. The number of morpholine rings is 1. The normalized spacial score (nSPS) is 25.4. The van der Waals surface area contributed by atoms with E-state index in [0.717, 1.165) is 38.8 Å². The minimum Gasteiger partial charge on any atom is -0.378 e. The fourth-order valence-corrected chi connectivity index (χ4v) is 4.67. The number of nitrogens with zero attached hydrogens (tertiary/aromatic N) is 2. The highest BCUT2D eigenvalue weighted by Crippen LogP contribution is 2.28. The van der Waals surface area contributed by atoms with E-state index in [9.17, 15) is 13.2 Å². The minimum absolute atomic E-state index is 0.0281. The number of carbonyl (C=O) groups excluding carboxylic acids is 1. The molecule has 0 atom stereocenters. The Hall–Kier alpha value is -0.700. The summed E-state index contributed by atoms with van der Waals surface area (Å²) in [7, 11) is -3.10. The summed E-state index contributed by atoms with van der Waals surface area (Å²) in [6, 6.07) is 0.0281. The van der Waals surface area contributed by atoms with Gasteiger partial charge in [0.1, 0.15) is 0 Å². The summed E-state index contributed by atoms with van der Waals surface area (Å²) in [5.41, 5.74) is 0. The Morgan fingerprint density at radius 1 is 1.05 bits per heavy atom. The molecule has 8 heteroatoms. The SMILES string of the molecule is O=C(CN1CCC(NS(=O)(=O)C2CC2)CC1)N1CCOCC1. The Labute approximate surface area is 132 Å². The molecule has 3 fully saturated rings. The van der Waals surface area contributed by atoms with E-state index in [1.807, 2.05) is 4.90 Å². The molecule has 1 amide bonds. The maximum atomic E-state index is 12.2. The molecule has 0 spiro atoms. The number of piperidine rings is 1. The van der Waals surface area contributed by atoms with E-state index in [-0.39, 0.29) is 17.2 Å². The zero-order valence-electron chi connectivity index (χ0n) is 12.9. The number of nitrogens with one attached hydrogen (secondary N) is 1. The van der Waals surface area contributed by atoms with Gasteiger partial charge in [-0.2, -0.15) is 0 Å². The summed E-state index contributed by atoms with van der Waals surface area (Å²) < 4.78 is 31.9. The van der Waals surface area contributed by atoms with Gasteiger partial charge in [-0.25, -0.2) is 13.1 Å². The van der Waals surface area contributed by atoms with Crippen LogP contribution in [0.4, 0.5) is 0 Å². The molecule has 7 nitrogen and oxygen atoms in total. The third kappa shape index (κ3) is 4.18. The molecular weight excluding hydrogens is 306 g/mol. The molecule has 2 aliphatic heterocycles. The number of amides is 1. The highest BCUT2D eigenvalue weighted by molar-refractivity contribution is 7.90. The number of ether oxygens (including phenoxy) is 1. The van der Waals surface area contributed by atoms with Gasteiger partial charge in [-0.05, 0) is 25.7 Å². The van der Waals surface area contributed by atoms with Gasteiger partial charge in [0, 0.05) is 32.2 Å². The van der Waals surface area contributed by atoms with Gasteiger partial charge in [-0.15, -0.1) is 0 Å². The molecule has 0 aromatic carbocycles. The Morgan fingerprint density at radius 3 is 2.27 bits per heavy atom. The van der Waals surface area contributed by atoms with Gasteiger partial charge in [0.15, 0.2) is 0 Å². The van der Waals surface area contributed by atoms with E-state index in [0.29, 0.717) is 32.8 Å². The van der Waals surface area contributed by atoms with Crippen LogP contribution in [0.25, 0.3) is 0 Å². The summed E-state index contributed by atoms with van der Waals surface area (Å²) in [5.74, 6) is 0.153. The third-order valence-corrected chi connectivity index (χ3v) is 6.62. The van der Waals surface area contributed by atoms with Crippen molar-refractivity contribution < 1.29 is 17.9 Å². The van der Waals surface area contributed by atoms with Crippen molar-refractivity contribution in [3.63, 3.8) is 0 Å². The van der Waals surface area contributed by atoms with Crippen LogP contribution in [-0.2, 0) is 19.6 Å². The van der Waals surface area contributed by atoms with Crippen LogP contribution < -0.4 is 4.72 Å². The largest absolute Gasteiger partial charge is 0.378 e. The minimum atomic E-state index is -3.10. The standard InChI is InChI=1S/C14H25N3O4S/c18-14(17-7-9-21-10-8-17)11-16-5-3-12(4-6-16)15-22(19,20)13-1-2-13/h12-13,15H,1-11H2. The first-order valence-electron chi connectivity index (χ1n) is 8.13. The molecule has 1 saturated carbocycles. The lowest BCUT2D eigenvalue weighted by molar-refractivity contribution is -0.136. The van der Waals surface area contributed by atoms with Crippen molar-refractivity contribution in [2.24, 2.45) is 0 Å². The van der Waals surface area contributed by atoms with Gasteiger partial charge in [-0.1, -0.05) is 0 Å². The molecule has 3 rings (SSSR count). The molecular formula is C14H25N3O4S. The average molecular weight is 331 g/mol. The van der Waals surface area contributed by atoms with Crippen molar-refractivity contribution in [2.45, 2.75) is 37.0 Å². The number of carbonyl (C=O) groups is 1. The fraction of sp³-hybridized carbons (Fsp3) is 0.929. The summed E-state index contributed by atoms with van der Waals surface area (Å²) >= 11 is 0. The van der Waals surface area contributed by atoms with Gasteiger partial charge in [-0.3, -0.25) is 9.69 Å². The number of hydrogen-bond acceptors (Lipinski definition) is 5. The predicted octanol–water partition coefficient (Wildman–Crippen LogP) is -0.609.